The summed E-state index contributed by atoms with van der Waals surface area (Å²) in [7, 11) is 3.35. The second kappa shape index (κ2) is 5.16. The van der Waals surface area contributed by atoms with Crippen molar-refractivity contribution in [2.75, 3.05) is 20.0 Å². The monoisotopic (exact) mass is 226 g/mol. The highest BCUT2D eigenvalue weighted by Crippen LogP contribution is 2.13. The first-order chi connectivity index (χ1) is 7.06. The molecular formula is C10H14N2O2S. The van der Waals surface area contributed by atoms with Gasteiger partial charge in [-0.3, -0.25) is 10.5 Å². The van der Waals surface area contributed by atoms with Crippen LogP contribution in [0.3, 0.4) is 0 Å². The largest absolute Gasteiger partial charge is 0.610 e. The zero-order chi connectivity index (χ0) is 11.4. The molecule has 0 fully saturated rings. The van der Waals surface area contributed by atoms with Crippen LogP contribution in [0.1, 0.15) is 10.4 Å². The number of hydrogen-bond acceptors (Lipinski definition) is 3. The molecule has 5 heteroatoms. The van der Waals surface area contributed by atoms with Gasteiger partial charge in [-0.15, -0.1) is 0 Å². The molecule has 1 amide bonds. The van der Waals surface area contributed by atoms with E-state index < -0.39 is 11.2 Å². The van der Waals surface area contributed by atoms with Gasteiger partial charge in [0.15, 0.2) is 10.8 Å². The van der Waals surface area contributed by atoms with Gasteiger partial charge < -0.3 is 9.45 Å². The smallest absolute Gasteiger partial charge is 0.253 e. The van der Waals surface area contributed by atoms with Crippen molar-refractivity contribution in [2.24, 2.45) is 5.73 Å². The Balaban J connectivity index is 2.97. The van der Waals surface area contributed by atoms with Crippen LogP contribution in [0.15, 0.2) is 29.2 Å². The van der Waals surface area contributed by atoms with Gasteiger partial charge in [0.25, 0.3) is 5.91 Å². The lowest BCUT2D eigenvalue weighted by molar-refractivity contribution is 0.0827. The highest BCUT2D eigenvalue weighted by Gasteiger charge is 2.13. The maximum atomic E-state index is 11.6. The predicted molar refractivity (Wildman–Crippen MR) is 59.9 cm³/mol. The van der Waals surface area contributed by atoms with Crippen LogP contribution >= 0.6 is 0 Å². The van der Waals surface area contributed by atoms with Crippen molar-refractivity contribution >= 4 is 17.1 Å². The summed E-state index contributed by atoms with van der Waals surface area (Å²) in [6, 6.07) is 6.72. The Morgan fingerprint density at radius 1 is 1.53 bits per heavy atom. The predicted octanol–water partition coefficient (Wildman–Crippen LogP) is 0.412. The fourth-order valence-electron chi connectivity index (χ4n) is 1.13. The minimum Gasteiger partial charge on any atom is -0.610 e. The third kappa shape index (κ3) is 2.95. The molecule has 0 bridgehead atoms. The Kier molecular flexibility index (Phi) is 4.14. The van der Waals surface area contributed by atoms with Gasteiger partial charge in [0.1, 0.15) is 0 Å². The number of hydrogen-bond donors (Lipinski definition) is 1. The highest BCUT2D eigenvalue weighted by atomic mass is 32.2. The van der Waals surface area contributed by atoms with Crippen LogP contribution in [0.4, 0.5) is 0 Å². The van der Waals surface area contributed by atoms with E-state index in [9.17, 15) is 9.35 Å². The summed E-state index contributed by atoms with van der Waals surface area (Å²) in [5, 5.41) is 0. The van der Waals surface area contributed by atoms with Crippen molar-refractivity contribution in [2.45, 2.75) is 4.90 Å². The van der Waals surface area contributed by atoms with E-state index >= 15 is 0 Å². The molecule has 0 spiro atoms. The van der Waals surface area contributed by atoms with E-state index in [4.69, 9.17) is 5.73 Å². The normalized spacial score (nSPS) is 12.3. The van der Waals surface area contributed by atoms with Crippen LogP contribution in [0.25, 0.3) is 0 Å². The van der Waals surface area contributed by atoms with Gasteiger partial charge in [0, 0.05) is 36.9 Å². The van der Waals surface area contributed by atoms with Gasteiger partial charge in [-0.2, -0.15) is 0 Å². The molecule has 0 aromatic heterocycles. The van der Waals surface area contributed by atoms with Crippen LogP contribution in [-0.4, -0.2) is 35.3 Å². The lowest BCUT2D eigenvalue weighted by Crippen LogP contribution is -2.22. The van der Waals surface area contributed by atoms with Gasteiger partial charge in [-0.25, -0.2) is 0 Å². The molecule has 4 nitrogen and oxygen atoms in total. The van der Waals surface area contributed by atoms with E-state index in [1.165, 1.54) is 4.90 Å². The van der Waals surface area contributed by atoms with E-state index in [-0.39, 0.29) is 11.8 Å². The Morgan fingerprint density at radius 2 is 2.20 bits per heavy atom. The van der Waals surface area contributed by atoms with Gasteiger partial charge in [0.2, 0.25) is 0 Å². The van der Waals surface area contributed by atoms with Gasteiger partial charge in [-0.05, 0) is 12.1 Å². The molecule has 1 unspecified atom stereocenters. The van der Waals surface area contributed by atoms with Crippen molar-refractivity contribution in [3.8, 4) is 0 Å². The molecule has 15 heavy (non-hydrogen) atoms. The van der Waals surface area contributed by atoms with Gasteiger partial charge in [-0.1, -0.05) is 6.07 Å². The van der Waals surface area contributed by atoms with Crippen molar-refractivity contribution < 1.29 is 9.35 Å². The summed E-state index contributed by atoms with van der Waals surface area (Å²) in [4.78, 5) is 13.7. The number of rotatable bonds is 3. The molecule has 0 aliphatic heterocycles. The summed E-state index contributed by atoms with van der Waals surface area (Å²) in [6.45, 7) is 0. The van der Waals surface area contributed by atoms with E-state index in [2.05, 4.69) is 0 Å². The van der Waals surface area contributed by atoms with Crippen molar-refractivity contribution in [3.63, 3.8) is 0 Å². The van der Waals surface area contributed by atoms with E-state index in [1.54, 1.807) is 38.4 Å². The maximum Gasteiger partial charge on any atom is 0.253 e. The van der Waals surface area contributed by atoms with E-state index in [0.29, 0.717) is 10.5 Å². The molecule has 82 valence electrons. The maximum absolute atomic E-state index is 11.6. The summed E-state index contributed by atoms with van der Waals surface area (Å²) in [6.07, 6.45) is 0. The third-order valence-electron chi connectivity index (χ3n) is 1.90. The molecule has 0 aliphatic rings. The molecular weight excluding hydrogens is 212 g/mol. The van der Waals surface area contributed by atoms with E-state index in [1.807, 2.05) is 0 Å². The molecule has 0 saturated carbocycles. The minimum atomic E-state index is -1.22. The van der Waals surface area contributed by atoms with Gasteiger partial charge in [0.05, 0.1) is 0 Å². The zero-order valence-electron chi connectivity index (χ0n) is 8.77. The van der Waals surface area contributed by atoms with Crippen molar-refractivity contribution in [1.29, 1.82) is 0 Å². The topological polar surface area (TPSA) is 69.4 Å². The summed E-state index contributed by atoms with van der Waals surface area (Å²) >= 11 is -1.22. The van der Waals surface area contributed by atoms with Crippen LogP contribution in [0, 0.1) is 0 Å². The van der Waals surface area contributed by atoms with Crippen LogP contribution in [0.2, 0.25) is 0 Å². The first kappa shape index (κ1) is 12.0. The first-order valence-corrected chi connectivity index (χ1v) is 5.78. The SMILES string of the molecule is CN(C)C(=O)c1cccc([S+]([O-])CN)c1. The zero-order valence-corrected chi connectivity index (χ0v) is 9.58. The van der Waals surface area contributed by atoms with Crippen molar-refractivity contribution in [3.05, 3.63) is 29.8 Å². The number of nitrogens with two attached hydrogens (primary N) is 1. The molecule has 1 rings (SSSR count). The number of amides is 1. The molecule has 0 heterocycles. The summed E-state index contributed by atoms with van der Waals surface area (Å²) < 4.78 is 11.4. The Bertz CT molecular complexity index is 355. The lowest BCUT2D eigenvalue weighted by Gasteiger charge is -2.12. The quantitative estimate of drug-likeness (QED) is 0.759. The number of carbonyl (C=O) groups is 1. The Labute approximate surface area is 92.2 Å². The highest BCUT2D eigenvalue weighted by molar-refractivity contribution is 7.91. The van der Waals surface area contributed by atoms with Crippen LogP contribution in [-0.2, 0) is 11.2 Å². The first-order valence-electron chi connectivity index (χ1n) is 4.46. The van der Waals surface area contributed by atoms with Crippen molar-refractivity contribution in [1.82, 2.24) is 4.90 Å². The summed E-state index contributed by atoms with van der Waals surface area (Å²) in [5.41, 5.74) is 5.82. The van der Waals surface area contributed by atoms with E-state index in [0.717, 1.165) is 0 Å². The average molecular weight is 226 g/mol. The molecule has 0 radical (unpaired) electrons. The molecule has 2 N–H and O–H groups in total. The van der Waals surface area contributed by atoms with Crippen LogP contribution in [0.5, 0.6) is 0 Å². The van der Waals surface area contributed by atoms with Crippen LogP contribution < -0.4 is 5.73 Å². The summed E-state index contributed by atoms with van der Waals surface area (Å²) in [5.74, 6) is -0.0366. The number of carbonyl (C=O) groups excluding carboxylic acids is 1. The Hall–Kier alpha value is -1.04. The third-order valence-corrected chi connectivity index (χ3v) is 2.98. The number of benzene rings is 1. The molecule has 0 saturated heterocycles. The average Bonchev–Trinajstić information content (AvgIpc) is 2.27. The molecule has 0 aliphatic carbocycles. The number of nitrogens with zero attached hydrogens (tertiary/aromatic N) is 1. The molecule has 1 aromatic rings. The second-order valence-electron chi connectivity index (χ2n) is 3.24. The molecule has 1 aromatic carbocycles. The molecule has 1 atom stereocenters. The second-order valence-corrected chi connectivity index (χ2v) is 4.74. The minimum absolute atomic E-state index is 0.0691. The van der Waals surface area contributed by atoms with Gasteiger partial charge >= 0.3 is 0 Å². The standard InChI is InChI=1S/C10H14N2O2S/c1-12(2)10(13)8-4-3-5-9(6-8)15(14)7-11/h3-6H,7,11H2,1-2H3. The fraction of sp³-hybridized carbons (Fsp3) is 0.300. The Morgan fingerprint density at radius 3 is 2.73 bits per heavy atom. The fourth-order valence-corrected chi connectivity index (χ4v) is 1.81. The lowest BCUT2D eigenvalue weighted by atomic mass is 10.2.